The lowest BCUT2D eigenvalue weighted by Crippen LogP contribution is -2.23. The van der Waals surface area contributed by atoms with E-state index in [9.17, 15) is 4.79 Å². The van der Waals surface area contributed by atoms with Gasteiger partial charge in [0.1, 0.15) is 0 Å². The zero-order valence-corrected chi connectivity index (χ0v) is 17.5. The van der Waals surface area contributed by atoms with Gasteiger partial charge in [-0.25, -0.2) is 9.48 Å². The highest BCUT2D eigenvalue weighted by molar-refractivity contribution is 8.00. The second kappa shape index (κ2) is 8.40. The number of nitrogens with one attached hydrogen (secondary N) is 2. The Morgan fingerprint density at radius 2 is 1.77 bits per heavy atom. The summed E-state index contributed by atoms with van der Waals surface area (Å²) in [7, 11) is 0. The van der Waals surface area contributed by atoms with E-state index in [1.54, 1.807) is 6.20 Å². The van der Waals surface area contributed by atoms with Crippen LogP contribution in [0.5, 0.6) is 0 Å². The maximum atomic E-state index is 12.5. The first-order chi connectivity index (χ1) is 14.8. The molecule has 0 spiro atoms. The molecule has 0 unspecified atom stereocenters. The van der Waals surface area contributed by atoms with Crippen molar-refractivity contribution < 1.29 is 4.79 Å². The third-order valence-corrected chi connectivity index (χ3v) is 6.43. The van der Waals surface area contributed by atoms with Crippen LogP contribution in [0.1, 0.15) is 40.7 Å². The Bertz CT molecular complexity index is 1060. The molecule has 3 aromatic rings. The molecule has 2 aliphatic carbocycles. The first kappa shape index (κ1) is 19.0. The summed E-state index contributed by atoms with van der Waals surface area (Å²) in [6, 6.07) is 12.2. The van der Waals surface area contributed by atoms with Crippen LogP contribution in [-0.2, 0) is 25.7 Å². The predicted molar refractivity (Wildman–Crippen MR) is 123 cm³/mol. The second-order valence-electron chi connectivity index (χ2n) is 7.75. The van der Waals surface area contributed by atoms with Crippen molar-refractivity contribution in [2.24, 2.45) is 0 Å². The van der Waals surface area contributed by atoms with Crippen LogP contribution >= 0.6 is 11.9 Å². The number of hydrogen-bond acceptors (Lipinski definition) is 3. The first-order valence-electron chi connectivity index (χ1n) is 10.4. The summed E-state index contributed by atoms with van der Waals surface area (Å²) in [6.45, 7) is 0. The van der Waals surface area contributed by atoms with Crippen LogP contribution in [0.3, 0.4) is 0 Å². The molecule has 0 saturated carbocycles. The van der Waals surface area contributed by atoms with E-state index in [-0.39, 0.29) is 6.03 Å². The predicted octanol–water partition coefficient (Wildman–Crippen LogP) is 5.29. The molecule has 1 aromatic heterocycles. The fraction of sp³-hybridized carbons (Fsp3) is 0.250. The van der Waals surface area contributed by atoms with Crippen LogP contribution < -0.4 is 10.0 Å². The average Bonchev–Trinajstić information content (AvgIpc) is 3.53. The van der Waals surface area contributed by atoms with Gasteiger partial charge in [-0.05, 0) is 108 Å². The number of urea groups is 1. The molecule has 0 atom stereocenters. The molecular formula is C24H24N4OS. The molecule has 5 nitrogen and oxygen atoms in total. The van der Waals surface area contributed by atoms with Crippen LogP contribution in [0, 0.1) is 0 Å². The van der Waals surface area contributed by atoms with Gasteiger partial charge in [0, 0.05) is 18.1 Å². The van der Waals surface area contributed by atoms with E-state index in [2.05, 4.69) is 21.2 Å². The highest BCUT2D eigenvalue weighted by Crippen LogP contribution is 2.38. The van der Waals surface area contributed by atoms with Gasteiger partial charge in [0.05, 0.1) is 5.69 Å². The van der Waals surface area contributed by atoms with Crippen molar-refractivity contribution in [1.29, 1.82) is 0 Å². The van der Waals surface area contributed by atoms with Crippen molar-refractivity contribution in [3.05, 3.63) is 82.0 Å². The highest BCUT2D eigenvalue weighted by atomic mass is 32.2. The van der Waals surface area contributed by atoms with Crippen molar-refractivity contribution in [1.82, 2.24) is 14.5 Å². The number of hydrogen-bond donors (Lipinski definition) is 2. The largest absolute Gasteiger partial charge is 0.329 e. The number of fused-ring (bicyclic) bond motifs is 2. The Morgan fingerprint density at radius 3 is 2.43 bits per heavy atom. The molecule has 0 radical (unpaired) electrons. The maximum absolute atomic E-state index is 12.5. The Morgan fingerprint density at radius 1 is 1.03 bits per heavy atom. The van der Waals surface area contributed by atoms with Gasteiger partial charge in [0.15, 0.2) is 0 Å². The van der Waals surface area contributed by atoms with Crippen LogP contribution in [0.4, 0.5) is 10.5 Å². The SMILES string of the molecule is O=C(NS/C=C/c1ccc(-n2cccn2)cc1)Nc1c2c(cc3c1CCC3)CCC2. The number of aromatic nitrogens is 2. The number of amides is 2. The lowest BCUT2D eigenvalue weighted by Gasteiger charge is -2.16. The maximum Gasteiger partial charge on any atom is 0.329 e. The Kier molecular flexibility index (Phi) is 5.32. The van der Waals surface area contributed by atoms with E-state index in [4.69, 9.17) is 0 Å². The summed E-state index contributed by atoms with van der Waals surface area (Å²) in [5.41, 5.74) is 8.72. The van der Waals surface area contributed by atoms with Gasteiger partial charge in [0.2, 0.25) is 0 Å². The molecule has 0 fully saturated rings. The molecule has 0 saturated heterocycles. The van der Waals surface area contributed by atoms with Gasteiger partial charge >= 0.3 is 6.03 Å². The van der Waals surface area contributed by atoms with Crippen molar-refractivity contribution in [3.63, 3.8) is 0 Å². The topological polar surface area (TPSA) is 59.0 Å². The lowest BCUT2D eigenvalue weighted by molar-refractivity contribution is 0.257. The zero-order valence-electron chi connectivity index (χ0n) is 16.7. The highest BCUT2D eigenvalue weighted by Gasteiger charge is 2.24. The molecule has 2 amide bonds. The molecule has 5 rings (SSSR count). The summed E-state index contributed by atoms with van der Waals surface area (Å²) in [5, 5.41) is 9.27. The van der Waals surface area contributed by atoms with Crippen LogP contribution in [0.25, 0.3) is 11.8 Å². The van der Waals surface area contributed by atoms with Crippen LogP contribution in [0.2, 0.25) is 0 Å². The van der Waals surface area contributed by atoms with E-state index >= 15 is 0 Å². The molecule has 1 heterocycles. The van der Waals surface area contributed by atoms with Gasteiger partial charge in [-0.15, -0.1) is 0 Å². The van der Waals surface area contributed by atoms with Gasteiger partial charge in [0.25, 0.3) is 0 Å². The molecule has 30 heavy (non-hydrogen) atoms. The van der Waals surface area contributed by atoms with E-state index in [1.165, 1.54) is 47.0 Å². The number of benzene rings is 2. The van der Waals surface area contributed by atoms with Crippen LogP contribution in [-0.4, -0.2) is 15.8 Å². The van der Waals surface area contributed by atoms with Gasteiger partial charge in [-0.3, -0.25) is 4.72 Å². The number of carbonyl (C=O) groups is 1. The Balaban J connectivity index is 1.19. The molecule has 0 bridgehead atoms. The quantitative estimate of drug-likeness (QED) is 0.556. The van der Waals surface area contributed by atoms with Gasteiger partial charge in [-0.2, -0.15) is 5.10 Å². The number of anilines is 1. The third-order valence-electron chi connectivity index (χ3n) is 5.85. The number of aryl methyl sites for hydroxylation is 2. The molecule has 6 heteroatoms. The minimum atomic E-state index is -0.159. The fourth-order valence-electron chi connectivity index (χ4n) is 4.47. The van der Waals surface area contributed by atoms with Crippen molar-refractivity contribution in [3.8, 4) is 5.69 Å². The standard InChI is InChI=1S/C24H24N4OS/c29-24(26-23-21-6-1-4-18(21)16-19-5-2-7-22(19)23)27-30-15-12-17-8-10-20(11-9-17)28-14-3-13-25-28/h3,8-16H,1-2,4-7H2,(H2,26,27,29)/b15-12+. The van der Waals surface area contributed by atoms with Gasteiger partial charge in [-0.1, -0.05) is 18.2 Å². The number of carbonyl (C=O) groups excluding carboxylic acids is 1. The first-order valence-corrected chi connectivity index (χ1v) is 11.3. The molecular weight excluding hydrogens is 392 g/mol. The van der Waals surface area contributed by atoms with Crippen LogP contribution in [0.15, 0.2) is 54.2 Å². The smallest absolute Gasteiger partial charge is 0.307 e. The van der Waals surface area contributed by atoms with Crippen molar-refractivity contribution in [2.75, 3.05) is 5.32 Å². The summed E-state index contributed by atoms with van der Waals surface area (Å²) in [4.78, 5) is 12.5. The average molecular weight is 417 g/mol. The Labute approximate surface area is 180 Å². The monoisotopic (exact) mass is 416 g/mol. The van der Waals surface area contributed by atoms with E-state index in [1.807, 2.05) is 52.7 Å². The molecule has 2 aliphatic rings. The molecule has 2 aromatic carbocycles. The lowest BCUT2D eigenvalue weighted by atomic mass is 9.99. The van der Waals surface area contributed by atoms with E-state index < -0.39 is 0 Å². The Hall–Kier alpha value is -2.99. The third kappa shape index (κ3) is 3.87. The normalized spacial score (nSPS) is 14.7. The number of rotatable bonds is 5. The minimum absolute atomic E-state index is 0.159. The summed E-state index contributed by atoms with van der Waals surface area (Å²) in [5.74, 6) is 0. The van der Waals surface area contributed by atoms with Gasteiger partial charge < -0.3 is 5.32 Å². The fourth-order valence-corrected chi connectivity index (χ4v) is 4.92. The zero-order chi connectivity index (χ0) is 20.3. The van der Waals surface area contributed by atoms with Crippen molar-refractivity contribution in [2.45, 2.75) is 38.5 Å². The molecule has 0 aliphatic heterocycles. The van der Waals surface area contributed by atoms with E-state index in [0.717, 1.165) is 42.6 Å². The second-order valence-corrected chi connectivity index (χ2v) is 8.46. The van der Waals surface area contributed by atoms with Crippen molar-refractivity contribution >= 4 is 29.7 Å². The molecule has 2 N–H and O–H groups in total. The van der Waals surface area contributed by atoms with E-state index in [0.29, 0.717) is 0 Å². The minimum Gasteiger partial charge on any atom is -0.307 e. The number of nitrogens with zero attached hydrogens (tertiary/aromatic N) is 2. The molecule has 152 valence electrons. The summed E-state index contributed by atoms with van der Waals surface area (Å²) >= 11 is 1.28. The summed E-state index contributed by atoms with van der Waals surface area (Å²) < 4.78 is 4.71. The summed E-state index contributed by atoms with van der Waals surface area (Å²) in [6.07, 6.45) is 12.4.